The number of hydrogen-bond acceptors (Lipinski definition) is 7. The van der Waals surface area contributed by atoms with Crippen LogP contribution in [0.5, 0.6) is 0 Å². The molecule has 7 nitrogen and oxygen atoms in total. The summed E-state index contributed by atoms with van der Waals surface area (Å²) < 4.78 is 28.1. The van der Waals surface area contributed by atoms with E-state index in [9.17, 15) is 9.90 Å². The van der Waals surface area contributed by atoms with Crippen LogP contribution in [0.25, 0.3) is 0 Å². The van der Waals surface area contributed by atoms with Crippen LogP contribution in [0.2, 0.25) is 0 Å². The van der Waals surface area contributed by atoms with Gasteiger partial charge in [0.05, 0.1) is 44.2 Å². The molecule has 0 aliphatic carbocycles. The molecule has 4 fully saturated rings. The van der Waals surface area contributed by atoms with E-state index >= 15 is 0 Å². The zero-order valence-electron chi connectivity index (χ0n) is 17.4. The number of fused-ring (bicyclic) bond motifs is 2. The number of ether oxygens (including phenoxy) is 5. The average molecular weight is 401 g/mol. The number of carbonyl (C=O) groups excluding carboxylic acids is 1. The summed E-state index contributed by atoms with van der Waals surface area (Å²) in [4.78, 5) is 9.17. The van der Waals surface area contributed by atoms with Gasteiger partial charge in [0.1, 0.15) is 12.4 Å². The largest absolute Gasteiger partial charge is 0.391 e. The second kappa shape index (κ2) is 11.4. The van der Waals surface area contributed by atoms with Gasteiger partial charge in [-0.3, -0.25) is 0 Å². The van der Waals surface area contributed by atoms with Crippen LogP contribution in [-0.2, 0) is 28.5 Å². The zero-order chi connectivity index (χ0) is 20.6. The van der Waals surface area contributed by atoms with Crippen molar-refractivity contribution in [1.29, 1.82) is 0 Å². The van der Waals surface area contributed by atoms with Crippen LogP contribution in [0.1, 0.15) is 52.9 Å². The highest BCUT2D eigenvalue weighted by Gasteiger charge is 2.47. The molecule has 7 heteroatoms. The highest BCUT2D eigenvalue weighted by atomic mass is 16.7. The van der Waals surface area contributed by atoms with E-state index in [-0.39, 0.29) is 24.4 Å². The third kappa shape index (κ3) is 7.54. The molecule has 0 amide bonds. The summed E-state index contributed by atoms with van der Waals surface area (Å²) in [6, 6.07) is 0. The monoisotopic (exact) mass is 400 g/mol. The van der Waals surface area contributed by atoms with Crippen molar-refractivity contribution in [2.24, 2.45) is 0 Å². The maximum atomic E-state index is 9.56. The quantitative estimate of drug-likeness (QED) is 0.534. The summed E-state index contributed by atoms with van der Waals surface area (Å²) in [5, 5.41) is 9.56. The number of aliphatic hydroxyl groups is 1. The Morgan fingerprint density at radius 3 is 2.50 bits per heavy atom. The van der Waals surface area contributed by atoms with Crippen molar-refractivity contribution >= 4 is 6.29 Å². The van der Waals surface area contributed by atoms with Crippen LogP contribution < -0.4 is 0 Å². The van der Waals surface area contributed by atoms with E-state index in [1.54, 1.807) is 0 Å². The molecule has 0 saturated carbocycles. The summed E-state index contributed by atoms with van der Waals surface area (Å²) in [5.74, 6) is -0.536. The Labute approximate surface area is 168 Å². The number of carbonyl (C=O) groups is 1. The molecular formula is C21H36O7. The van der Waals surface area contributed by atoms with Gasteiger partial charge in [-0.25, -0.2) is 0 Å². The Morgan fingerprint density at radius 2 is 1.93 bits per heavy atom. The molecule has 0 spiro atoms. The molecule has 0 radical (unpaired) electrons. The van der Waals surface area contributed by atoms with E-state index in [4.69, 9.17) is 23.7 Å². The van der Waals surface area contributed by atoms with Crippen molar-refractivity contribution < 1.29 is 33.6 Å². The molecule has 4 heterocycles. The Hall–Kier alpha value is -0.830. The van der Waals surface area contributed by atoms with Crippen molar-refractivity contribution in [1.82, 2.24) is 0 Å². The third-order valence-electron chi connectivity index (χ3n) is 4.97. The third-order valence-corrected chi connectivity index (χ3v) is 4.97. The van der Waals surface area contributed by atoms with Crippen LogP contribution in [0, 0.1) is 0 Å². The lowest BCUT2D eigenvalue weighted by Gasteiger charge is -2.49. The van der Waals surface area contributed by atoms with Gasteiger partial charge in [-0.2, -0.15) is 0 Å². The lowest BCUT2D eigenvalue weighted by Crippen LogP contribution is -2.59. The van der Waals surface area contributed by atoms with Crippen molar-refractivity contribution in [2.75, 3.05) is 26.4 Å². The van der Waals surface area contributed by atoms with Gasteiger partial charge in [-0.1, -0.05) is 19.1 Å². The Morgan fingerprint density at radius 1 is 1.18 bits per heavy atom. The van der Waals surface area contributed by atoms with Gasteiger partial charge in [0, 0.05) is 25.9 Å². The summed E-state index contributed by atoms with van der Waals surface area (Å²) in [6.07, 6.45) is 4.95. The normalized spacial score (nSPS) is 36.4. The van der Waals surface area contributed by atoms with Crippen molar-refractivity contribution in [3.8, 4) is 0 Å². The average Bonchev–Trinajstić information content (AvgIpc) is 2.67. The smallest absolute Gasteiger partial charge is 0.163 e. The molecule has 4 aliphatic rings. The minimum Gasteiger partial charge on any atom is -0.391 e. The van der Waals surface area contributed by atoms with Crippen LogP contribution in [-0.4, -0.2) is 74.1 Å². The first-order valence-electron chi connectivity index (χ1n) is 10.3. The molecule has 28 heavy (non-hydrogen) atoms. The van der Waals surface area contributed by atoms with Crippen LogP contribution in [0.4, 0.5) is 0 Å². The predicted molar refractivity (Wildman–Crippen MR) is 104 cm³/mol. The van der Waals surface area contributed by atoms with Crippen molar-refractivity contribution in [3.05, 3.63) is 12.2 Å². The minimum atomic E-state index is -0.536. The lowest BCUT2D eigenvalue weighted by atomic mass is 9.92. The minimum absolute atomic E-state index is 0.0200. The fraction of sp³-hybridized carbons (Fsp3) is 0.857. The maximum Gasteiger partial charge on any atom is 0.163 e. The SMILES string of the molecule is C=C1CCCOC1.CC1(C)OC[C@H]2O[C@H]3C[C@@H](O)CO[C@H]3C[C@H]2O1.CCC=O. The molecule has 0 bridgehead atoms. The van der Waals surface area contributed by atoms with Gasteiger partial charge in [0.25, 0.3) is 0 Å². The fourth-order valence-corrected chi connectivity index (χ4v) is 3.55. The fourth-order valence-electron chi connectivity index (χ4n) is 3.55. The second-order valence-electron chi connectivity index (χ2n) is 8.06. The van der Waals surface area contributed by atoms with Crippen molar-refractivity contribution in [2.45, 2.75) is 89.2 Å². The van der Waals surface area contributed by atoms with E-state index < -0.39 is 11.9 Å². The lowest BCUT2D eigenvalue weighted by molar-refractivity contribution is -0.344. The Balaban J connectivity index is 0.000000211. The highest BCUT2D eigenvalue weighted by Crippen LogP contribution is 2.35. The second-order valence-corrected chi connectivity index (χ2v) is 8.06. The van der Waals surface area contributed by atoms with Crippen LogP contribution >= 0.6 is 0 Å². The first-order chi connectivity index (χ1) is 13.3. The maximum absolute atomic E-state index is 9.56. The molecule has 0 aromatic rings. The summed E-state index contributed by atoms with van der Waals surface area (Å²) in [6.45, 7) is 12.1. The Kier molecular flexibility index (Phi) is 9.53. The van der Waals surface area contributed by atoms with E-state index in [1.165, 1.54) is 18.4 Å². The van der Waals surface area contributed by atoms with E-state index in [0.29, 0.717) is 26.1 Å². The van der Waals surface area contributed by atoms with Crippen LogP contribution in [0.15, 0.2) is 12.2 Å². The molecule has 0 aromatic carbocycles. The highest BCUT2D eigenvalue weighted by molar-refractivity contribution is 5.48. The molecule has 0 aromatic heterocycles. The number of aliphatic hydroxyl groups excluding tert-OH is 1. The van der Waals surface area contributed by atoms with Gasteiger partial charge in [-0.05, 0) is 26.7 Å². The van der Waals surface area contributed by atoms with E-state index in [0.717, 1.165) is 25.9 Å². The topological polar surface area (TPSA) is 83.5 Å². The number of hydrogen-bond donors (Lipinski definition) is 1. The molecule has 0 unspecified atom stereocenters. The molecule has 5 atom stereocenters. The molecule has 4 rings (SSSR count). The predicted octanol–water partition coefficient (Wildman–Crippen LogP) is 2.39. The standard InChI is InChI=1S/C12H20O5.C6H10O.C3H6O/c1-12(2)15-6-11-10(17-12)4-8-9(16-11)3-7(13)5-14-8;1-6-3-2-4-7-5-6;1-2-3-4/h7-11,13H,3-6H2,1-2H3;1-5H2;3H,2H2,1H3/t7-,8+,9+,10-,11-;;/m1../s1. The van der Waals surface area contributed by atoms with E-state index in [1.807, 2.05) is 20.8 Å². The summed E-state index contributed by atoms with van der Waals surface area (Å²) in [7, 11) is 0. The summed E-state index contributed by atoms with van der Waals surface area (Å²) in [5.41, 5.74) is 1.24. The number of rotatable bonds is 1. The van der Waals surface area contributed by atoms with Crippen LogP contribution in [0.3, 0.4) is 0 Å². The molecule has 162 valence electrons. The van der Waals surface area contributed by atoms with Gasteiger partial charge >= 0.3 is 0 Å². The molecular weight excluding hydrogens is 364 g/mol. The summed E-state index contributed by atoms with van der Waals surface area (Å²) >= 11 is 0. The molecule has 1 N–H and O–H groups in total. The van der Waals surface area contributed by atoms with Gasteiger partial charge in [-0.15, -0.1) is 0 Å². The number of aldehydes is 1. The molecule has 4 saturated heterocycles. The zero-order valence-corrected chi connectivity index (χ0v) is 17.4. The Bertz CT molecular complexity index is 485. The van der Waals surface area contributed by atoms with Gasteiger partial charge in [0.15, 0.2) is 5.79 Å². The molecule has 4 aliphatic heterocycles. The first kappa shape index (κ1) is 23.4. The van der Waals surface area contributed by atoms with Crippen molar-refractivity contribution in [3.63, 3.8) is 0 Å². The van der Waals surface area contributed by atoms with E-state index in [2.05, 4.69) is 6.58 Å². The van der Waals surface area contributed by atoms with Gasteiger partial charge in [0.2, 0.25) is 0 Å². The van der Waals surface area contributed by atoms with Gasteiger partial charge < -0.3 is 33.6 Å². The first-order valence-corrected chi connectivity index (χ1v) is 10.3.